The Labute approximate surface area is 122 Å². The van der Waals surface area contributed by atoms with E-state index in [1.54, 1.807) is 18.5 Å². The standard InChI is InChI=1S/C11H8Cl2N2OS2/c12-10-4-8(11(13)18-10)9(15-16)6-17-7-2-1-3-14-5-7/h1-5,16H,6H2/b15-9+. The summed E-state index contributed by atoms with van der Waals surface area (Å²) >= 11 is 14.7. The van der Waals surface area contributed by atoms with Gasteiger partial charge in [-0.05, 0) is 18.2 Å². The minimum absolute atomic E-state index is 0.495. The normalized spacial score (nSPS) is 11.8. The minimum atomic E-state index is 0.495. The Hall–Kier alpha value is -0.750. The molecule has 2 heterocycles. The van der Waals surface area contributed by atoms with Gasteiger partial charge in [0.2, 0.25) is 0 Å². The summed E-state index contributed by atoms with van der Waals surface area (Å²) in [7, 11) is 0. The van der Waals surface area contributed by atoms with Crippen molar-refractivity contribution < 1.29 is 5.21 Å². The monoisotopic (exact) mass is 318 g/mol. The highest BCUT2D eigenvalue weighted by Gasteiger charge is 2.13. The summed E-state index contributed by atoms with van der Waals surface area (Å²) in [6, 6.07) is 5.49. The highest BCUT2D eigenvalue weighted by atomic mass is 35.5. The molecule has 0 unspecified atom stereocenters. The summed E-state index contributed by atoms with van der Waals surface area (Å²) in [5.41, 5.74) is 1.17. The van der Waals surface area contributed by atoms with Crippen LogP contribution < -0.4 is 0 Å². The summed E-state index contributed by atoms with van der Waals surface area (Å²) < 4.78 is 1.10. The summed E-state index contributed by atoms with van der Waals surface area (Å²) in [4.78, 5) is 5.01. The summed E-state index contributed by atoms with van der Waals surface area (Å²) in [5, 5.41) is 12.3. The smallest absolute Gasteiger partial charge is 0.104 e. The molecule has 0 saturated carbocycles. The molecule has 7 heteroatoms. The molecule has 0 spiro atoms. The number of nitrogens with zero attached hydrogens (tertiary/aromatic N) is 2. The van der Waals surface area contributed by atoms with Gasteiger partial charge in [-0.15, -0.1) is 23.1 Å². The molecule has 0 aliphatic carbocycles. The van der Waals surface area contributed by atoms with Crippen LogP contribution in [0.2, 0.25) is 8.67 Å². The van der Waals surface area contributed by atoms with Crippen LogP contribution in [0.25, 0.3) is 0 Å². The van der Waals surface area contributed by atoms with E-state index in [1.165, 1.54) is 23.1 Å². The molecule has 0 amide bonds. The van der Waals surface area contributed by atoms with Crippen LogP contribution in [0.5, 0.6) is 0 Å². The average molecular weight is 319 g/mol. The number of oxime groups is 1. The van der Waals surface area contributed by atoms with Gasteiger partial charge in [0.15, 0.2) is 0 Å². The lowest BCUT2D eigenvalue weighted by Gasteiger charge is -2.03. The van der Waals surface area contributed by atoms with Gasteiger partial charge in [0, 0.05) is 28.6 Å². The molecule has 0 saturated heterocycles. The van der Waals surface area contributed by atoms with E-state index in [4.69, 9.17) is 28.4 Å². The Morgan fingerprint density at radius 3 is 2.89 bits per heavy atom. The van der Waals surface area contributed by atoms with Crippen LogP contribution in [0.4, 0.5) is 0 Å². The van der Waals surface area contributed by atoms with Crippen molar-refractivity contribution in [2.45, 2.75) is 4.90 Å². The first kappa shape index (κ1) is 13.7. The molecule has 2 aromatic rings. The van der Waals surface area contributed by atoms with Crippen LogP contribution >= 0.6 is 46.3 Å². The van der Waals surface area contributed by atoms with Crippen molar-refractivity contribution >= 4 is 52.0 Å². The van der Waals surface area contributed by atoms with E-state index in [9.17, 15) is 0 Å². The summed E-state index contributed by atoms with van der Waals surface area (Å²) in [5.74, 6) is 0.495. The second kappa shape index (κ2) is 6.43. The van der Waals surface area contributed by atoms with Gasteiger partial charge in [0.05, 0.1) is 10.0 Å². The second-order valence-corrected chi connectivity index (χ2v) is 6.60. The number of hydrogen-bond donors (Lipinski definition) is 1. The molecular weight excluding hydrogens is 311 g/mol. The van der Waals surface area contributed by atoms with E-state index in [2.05, 4.69) is 10.1 Å². The van der Waals surface area contributed by atoms with Crippen LogP contribution in [0, 0.1) is 0 Å². The second-order valence-electron chi connectivity index (χ2n) is 3.26. The molecule has 0 aliphatic heterocycles. The van der Waals surface area contributed by atoms with Crippen molar-refractivity contribution in [1.82, 2.24) is 4.98 Å². The van der Waals surface area contributed by atoms with E-state index in [0.717, 1.165) is 4.90 Å². The van der Waals surface area contributed by atoms with Gasteiger partial charge in [0.1, 0.15) is 4.34 Å². The number of thiophene rings is 1. The minimum Gasteiger partial charge on any atom is -0.411 e. The van der Waals surface area contributed by atoms with Gasteiger partial charge in [0.25, 0.3) is 0 Å². The van der Waals surface area contributed by atoms with E-state index in [0.29, 0.717) is 25.7 Å². The zero-order valence-electron chi connectivity index (χ0n) is 9.01. The first-order chi connectivity index (χ1) is 8.70. The zero-order chi connectivity index (χ0) is 13.0. The van der Waals surface area contributed by atoms with Crippen LogP contribution in [-0.2, 0) is 0 Å². The molecule has 0 bridgehead atoms. The molecule has 94 valence electrons. The lowest BCUT2D eigenvalue weighted by atomic mass is 10.2. The largest absolute Gasteiger partial charge is 0.411 e. The molecule has 2 rings (SSSR count). The Balaban J connectivity index is 2.10. The number of halogens is 2. The lowest BCUT2D eigenvalue weighted by Crippen LogP contribution is -2.03. The SMILES string of the molecule is O/N=C(\CSc1cccnc1)c1cc(Cl)sc1Cl. The van der Waals surface area contributed by atoms with Gasteiger partial charge in [-0.3, -0.25) is 4.98 Å². The number of pyridine rings is 1. The molecular formula is C11H8Cl2N2OS2. The maximum atomic E-state index is 9.05. The van der Waals surface area contributed by atoms with Gasteiger partial charge >= 0.3 is 0 Å². The number of rotatable bonds is 4. The van der Waals surface area contributed by atoms with Crippen molar-refractivity contribution in [3.05, 3.63) is 44.8 Å². The molecule has 3 nitrogen and oxygen atoms in total. The first-order valence-corrected chi connectivity index (χ1v) is 7.45. The van der Waals surface area contributed by atoms with Crippen LogP contribution in [0.1, 0.15) is 5.56 Å². The lowest BCUT2D eigenvalue weighted by molar-refractivity contribution is 0.319. The van der Waals surface area contributed by atoms with E-state index < -0.39 is 0 Å². The fourth-order valence-electron chi connectivity index (χ4n) is 1.28. The zero-order valence-corrected chi connectivity index (χ0v) is 12.2. The Morgan fingerprint density at radius 1 is 1.50 bits per heavy atom. The van der Waals surface area contributed by atoms with Crippen LogP contribution in [0.15, 0.2) is 40.6 Å². The van der Waals surface area contributed by atoms with E-state index in [-0.39, 0.29) is 0 Å². The molecule has 0 atom stereocenters. The first-order valence-electron chi connectivity index (χ1n) is 4.89. The molecule has 0 aliphatic rings. The predicted octanol–water partition coefficient (Wildman–Crippen LogP) is 4.42. The summed E-state index contributed by atoms with van der Waals surface area (Å²) in [6.45, 7) is 0. The highest BCUT2D eigenvalue weighted by Crippen LogP contribution is 2.32. The molecule has 1 N–H and O–H groups in total. The van der Waals surface area contributed by atoms with Crippen molar-refractivity contribution in [2.24, 2.45) is 5.16 Å². The van der Waals surface area contributed by atoms with E-state index >= 15 is 0 Å². The van der Waals surface area contributed by atoms with Crippen molar-refractivity contribution in [3.8, 4) is 0 Å². The van der Waals surface area contributed by atoms with Crippen molar-refractivity contribution in [3.63, 3.8) is 0 Å². The van der Waals surface area contributed by atoms with E-state index in [1.807, 2.05) is 12.1 Å². The van der Waals surface area contributed by atoms with Gasteiger partial charge in [-0.25, -0.2) is 0 Å². The van der Waals surface area contributed by atoms with Crippen LogP contribution in [0.3, 0.4) is 0 Å². The maximum Gasteiger partial charge on any atom is 0.104 e. The predicted molar refractivity (Wildman–Crippen MR) is 77.6 cm³/mol. The third-order valence-corrected chi connectivity index (χ3v) is 4.58. The Kier molecular flexibility index (Phi) is 4.88. The van der Waals surface area contributed by atoms with Crippen LogP contribution in [-0.4, -0.2) is 21.7 Å². The number of aromatic nitrogens is 1. The van der Waals surface area contributed by atoms with Gasteiger partial charge < -0.3 is 5.21 Å². The Morgan fingerprint density at radius 2 is 2.33 bits per heavy atom. The topological polar surface area (TPSA) is 45.5 Å². The molecule has 2 aromatic heterocycles. The van der Waals surface area contributed by atoms with Crippen molar-refractivity contribution in [2.75, 3.05) is 5.75 Å². The molecule has 18 heavy (non-hydrogen) atoms. The fourth-order valence-corrected chi connectivity index (χ4v) is 3.62. The third-order valence-electron chi connectivity index (χ3n) is 2.10. The summed E-state index contributed by atoms with van der Waals surface area (Å²) in [6.07, 6.45) is 3.46. The Bertz CT molecular complexity index is 557. The quantitative estimate of drug-likeness (QED) is 0.393. The molecule has 0 aromatic carbocycles. The highest BCUT2D eigenvalue weighted by molar-refractivity contribution is 8.00. The number of thioether (sulfide) groups is 1. The molecule has 0 radical (unpaired) electrons. The van der Waals surface area contributed by atoms with Gasteiger partial charge in [-0.2, -0.15) is 0 Å². The van der Waals surface area contributed by atoms with Gasteiger partial charge in [-0.1, -0.05) is 28.4 Å². The molecule has 0 fully saturated rings. The van der Waals surface area contributed by atoms with Crippen molar-refractivity contribution in [1.29, 1.82) is 0 Å². The number of hydrogen-bond acceptors (Lipinski definition) is 5. The third kappa shape index (κ3) is 3.38. The maximum absolute atomic E-state index is 9.05. The average Bonchev–Trinajstić information content (AvgIpc) is 2.71. The fraction of sp³-hybridized carbons (Fsp3) is 0.0909.